The maximum atomic E-state index is 6.10. The molecule has 1 aromatic heterocycles. The molecule has 88 valence electrons. The Balaban J connectivity index is 2.08. The van der Waals surface area contributed by atoms with Gasteiger partial charge >= 0.3 is 0 Å². The number of benzene rings is 2. The van der Waals surface area contributed by atoms with Crippen molar-refractivity contribution in [2.45, 2.75) is 12.8 Å². The Labute approximate surface area is 110 Å². The smallest absolute Gasteiger partial charge is 0.0500 e. The molecule has 18 heavy (non-hydrogen) atoms. The second-order valence-electron chi connectivity index (χ2n) is 4.83. The summed E-state index contributed by atoms with van der Waals surface area (Å²) >= 11 is 6.10. The third-order valence-corrected chi connectivity index (χ3v) is 4.03. The predicted octanol–water partition coefficient (Wildman–Crippen LogP) is 4.59. The van der Waals surface area contributed by atoms with Crippen molar-refractivity contribution in [1.82, 2.24) is 4.98 Å². The van der Waals surface area contributed by atoms with Crippen LogP contribution in [0.25, 0.3) is 22.2 Å². The van der Waals surface area contributed by atoms with Gasteiger partial charge in [-0.05, 0) is 42.2 Å². The third kappa shape index (κ3) is 1.34. The number of halogens is 1. The normalized spacial score (nSPS) is 13.4. The highest BCUT2D eigenvalue weighted by Gasteiger charge is 2.19. The van der Waals surface area contributed by atoms with E-state index >= 15 is 0 Å². The van der Waals surface area contributed by atoms with E-state index in [1.165, 1.54) is 33.3 Å². The van der Waals surface area contributed by atoms with Crippen molar-refractivity contribution in [2.75, 3.05) is 0 Å². The molecule has 1 nitrogen and oxygen atoms in total. The molecule has 0 fully saturated rings. The second kappa shape index (κ2) is 3.63. The van der Waals surface area contributed by atoms with E-state index in [0.717, 1.165) is 17.9 Å². The van der Waals surface area contributed by atoms with Gasteiger partial charge in [0.1, 0.15) is 0 Å². The number of aromatic amines is 1. The van der Waals surface area contributed by atoms with E-state index in [-0.39, 0.29) is 0 Å². The molecule has 1 N–H and O–H groups in total. The van der Waals surface area contributed by atoms with Crippen LogP contribution in [-0.2, 0) is 12.8 Å². The predicted molar refractivity (Wildman–Crippen MR) is 76.2 cm³/mol. The maximum absolute atomic E-state index is 6.10. The summed E-state index contributed by atoms with van der Waals surface area (Å²) in [7, 11) is 0. The number of fused-ring (bicyclic) bond motifs is 5. The van der Waals surface area contributed by atoms with Crippen LogP contribution in [0.4, 0.5) is 0 Å². The van der Waals surface area contributed by atoms with Crippen molar-refractivity contribution in [3.05, 3.63) is 58.6 Å². The summed E-state index contributed by atoms with van der Waals surface area (Å²) in [6.07, 6.45) is 2.20. The number of H-pyrrole nitrogens is 1. The monoisotopic (exact) mass is 253 g/mol. The average Bonchev–Trinajstić information content (AvgIpc) is 2.77. The minimum Gasteiger partial charge on any atom is -0.354 e. The molecule has 1 heterocycles. The van der Waals surface area contributed by atoms with Gasteiger partial charge in [0, 0.05) is 27.2 Å². The average molecular weight is 254 g/mol. The molecule has 0 spiro atoms. The van der Waals surface area contributed by atoms with Gasteiger partial charge in [0.05, 0.1) is 0 Å². The van der Waals surface area contributed by atoms with Crippen LogP contribution >= 0.6 is 11.6 Å². The number of aryl methyl sites for hydroxylation is 2. The fourth-order valence-corrected chi connectivity index (χ4v) is 3.12. The minimum atomic E-state index is 0.808. The molecule has 0 aliphatic heterocycles. The van der Waals surface area contributed by atoms with Crippen molar-refractivity contribution >= 4 is 22.5 Å². The summed E-state index contributed by atoms with van der Waals surface area (Å²) < 4.78 is 0. The Hall–Kier alpha value is -1.73. The minimum absolute atomic E-state index is 0.808. The SMILES string of the molecule is Clc1ccc2[nH]c3c(c2c1)CCc1ccccc1-3. The standard InChI is InChI=1S/C16H12ClN/c17-11-6-8-15-14(9-11)13-7-5-10-3-1-2-4-12(10)16(13)18-15/h1-4,6,8-9,18H,5,7H2. The molecule has 0 atom stereocenters. The van der Waals surface area contributed by atoms with Crippen LogP contribution in [0.3, 0.4) is 0 Å². The zero-order valence-corrected chi connectivity index (χ0v) is 10.6. The van der Waals surface area contributed by atoms with E-state index in [2.05, 4.69) is 41.4 Å². The Morgan fingerprint density at radius 1 is 1.00 bits per heavy atom. The first-order valence-electron chi connectivity index (χ1n) is 6.21. The Bertz CT molecular complexity index is 755. The lowest BCUT2D eigenvalue weighted by molar-refractivity contribution is 0.948. The van der Waals surface area contributed by atoms with Gasteiger partial charge < -0.3 is 4.98 Å². The van der Waals surface area contributed by atoms with E-state index < -0.39 is 0 Å². The first kappa shape index (κ1) is 10.2. The van der Waals surface area contributed by atoms with Gasteiger partial charge in [-0.25, -0.2) is 0 Å². The van der Waals surface area contributed by atoms with Crippen LogP contribution in [0.2, 0.25) is 5.02 Å². The van der Waals surface area contributed by atoms with Gasteiger partial charge in [-0.2, -0.15) is 0 Å². The quantitative estimate of drug-likeness (QED) is 0.603. The van der Waals surface area contributed by atoms with Crippen LogP contribution in [0.15, 0.2) is 42.5 Å². The Morgan fingerprint density at radius 2 is 1.89 bits per heavy atom. The summed E-state index contributed by atoms with van der Waals surface area (Å²) in [5, 5.41) is 2.08. The van der Waals surface area contributed by atoms with Crippen molar-refractivity contribution < 1.29 is 0 Å². The van der Waals surface area contributed by atoms with Crippen molar-refractivity contribution in [3.63, 3.8) is 0 Å². The largest absolute Gasteiger partial charge is 0.354 e. The zero-order valence-electron chi connectivity index (χ0n) is 9.83. The Kier molecular flexibility index (Phi) is 2.06. The van der Waals surface area contributed by atoms with Crippen LogP contribution in [0.5, 0.6) is 0 Å². The topological polar surface area (TPSA) is 15.8 Å². The highest BCUT2D eigenvalue weighted by molar-refractivity contribution is 6.31. The summed E-state index contributed by atoms with van der Waals surface area (Å²) in [6, 6.07) is 14.7. The van der Waals surface area contributed by atoms with E-state index in [0.29, 0.717) is 0 Å². The number of hydrogen-bond acceptors (Lipinski definition) is 0. The highest BCUT2D eigenvalue weighted by Crippen LogP contribution is 2.37. The van der Waals surface area contributed by atoms with Crippen LogP contribution < -0.4 is 0 Å². The van der Waals surface area contributed by atoms with Gasteiger partial charge in [0.25, 0.3) is 0 Å². The molecular formula is C16H12ClN. The molecule has 2 aromatic carbocycles. The molecule has 0 bridgehead atoms. The van der Waals surface area contributed by atoms with Crippen molar-refractivity contribution in [3.8, 4) is 11.3 Å². The lowest BCUT2D eigenvalue weighted by atomic mass is 9.89. The zero-order chi connectivity index (χ0) is 12.1. The molecule has 0 amide bonds. The van der Waals surface area contributed by atoms with E-state index in [1.807, 2.05) is 6.07 Å². The summed E-state index contributed by atoms with van der Waals surface area (Å²) in [6.45, 7) is 0. The summed E-state index contributed by atoms with van der Waals surface area (Å²) in [5.41, 5.74) is 6.63. The van der Waals surface area contributed by atoms with Crippen LogP contribution in [0, 0.1) is 0 Å². The molecule has 0 unspecified atom stereocenters. The lowest BCUT2D eigenvalue weighted by Crippen LogP contribution is -2.02. The van der Waals surface area contributed by atoms with Gasteiger partial charge in [-0.3, -0.25) is 0 Å². The first-order chi connectivity index (χ1) is 8.83. The van der Waals surface area contributed by atoms with Crippen molar-refractivity contribution in [1.29, 1.82) is 0 Å². The number of rotatable bonds is 0. The van der Waals surface area contributed by atoms with Crippen LogP contribution in [-0.4, -0.2) is 4.98 Å². The molecule has 0 radical (unpaired) electrons. The lowest BCUT2D eigenvalue weighted by Gasteiger charge is -2.16. The Morgan fingerprint density at radius 3 is 2.83 bits per heavy atom. The summed E-state index contributed by atoms with van der Waals surface area (Å²) in [4.78, 5) is 3.54. The molecular weight excluding hydrogens is 242 g/mol. The van der Waals surface area contributed by atoms with Gasteiger partial charge in [-0.15, -0.1) is 0 Å². The fraction of sp³-hybridized carbons (Fsp3) is 0.125. The molecule has 2 heteroatoms. The summed E-state index contributed by atoms with van der Waals surface area (Å²) in [5.74, 6) is 0. The van der Waals surface area contributed by atoms with E-state index in [1.54, 1.807) is 0 Å². The van der Waals surface area contributed by atoms with Gasteiger partial charge in [0.15, 0.2) is 0 Å². The van der Waals surface area contributed by atoms with Gasteiger partial charge in [0.2, 0.25) is 0 Å². The number of nitrogens with one attached hydrogen (secondary N) is 1. The number of hydrogen-bond donors (Lipinski definition) is 1. The molecule has 3 aromatic rings. The molecule has 0 saturated carbocycles. The third-order valence-electron chi connectivity index (χ3n) is 3.80. The van der Waals surface area contributed by atoms with Gasteiger partial charge in [-0.1, -0.05) is 35.9 Å². The number of aromatic nitrogens is 1. The molecule has 1 aliphatic rings. The second-order valence-corrected chi connectivity index (χ2v) is 5.26. The van der Waals surface area contributed by atoms with Crippen LogP contribution in [0.1, 0.15) is 11.1 Å². The molecule has 0 saturated heterocycles. The van der Waals surface area contributed by atoms with Crippen molar-refractivity contribution in [2.24, 2.45) is 0 Å². The molecule has 1 aliphatic carbocycles. The fourth-order valence-electron chi connectivity index (χ4n) is 2.95. The first-order valence-corrected chi connectivity index (χ1v) is 6.59. The molecule has 4 rings (SSSR count). The van der Waals surface area contributed by atoms with E-state index in [4.69, 9.17) is 11.6 Å². The van der Waals surface area contributed by atoms with E-state index in [9.17, 15) is 0 Å². The maximum Gasteiger partial charge on any atom is 0.0500 e. The highest BCUT2D eigenvalue weighted by atomic mass is 35.5.